The van der Waals surface area contributed by atoms with Crippen molar-refractivity contribution in [2.45, 2.75) is 32.3 Å². The minimum atomic E-state index is -1.26. The Labute approximate surface area is 147 Å². The Morgan fingerprint density at radius 2 is 1.76 bits per heavy atom. The van der Waals surface area contributed by atoms with Crippen LogP contribution >= 0.6 is 31.9 Å². The Hall–Kier alpha value is -0.0362. The van der Waals surface area contributed by atoms with Crippen LogP contribution in [-0.4, -0.2) is 38.0 Å². The predicted octanol–water partition coefficient (Wildman–Crippen LogP) is 1.54. The van der Waals surface area contributed by atoms with Crippen molar-refractivity contribution in [1.82, 2.24) is 0 Å². The normalized spacial score (nSPS) is 15.7. The zero-order valence-corrected chi connectivity index (χ0v) is 19.8. The van der Waals surface area contributed by atoms with Gasteiger partial charge in [-0.05, 0) is 48.8 Å². The number of benzene rings is 1. The largest absolute Gasteiger partial charge is 0.411 e. The first-order valence-electron chi connectivity index (χ1n) is 6.17. The zero-order valence-electron chi connectivity index (χ0n) is 12.6. The second kappa shape index (κ2) is 7.49. The van der Waals surface area contributed by atoms with E-state index in [4.69, 9.17) is 18.8 Å². The molecular weight excluding hydrogens is 438 g/mol. The molecule has 1 rings (SSSR count). The average molecular weight is 457 g/mol. The van der Waals surface area contributed by atoms with Crippen molar-refractivity contribution in [2.24, 2.45) is 5.16 Å². The van der Waals surface area contributed by atoms with Gasteiger partial charge in [0.1, 0.15) is 0 Å². The quantitative estimate of drug-likeness (QED) is 0.240. The molecule has 0 fully saturated rings. The van der Waals surface area contributed by atoms with Gasteiger partial charge in [0, 0.05) is 14.5 Å². The van der Waals surface area contributed by atoms with Crippen molar-refractivity contribution in [3.05, 3.63) is 32.2 Å². The minimum Gasteiger partial charge on any atom is -0.411 e. The van der Waals surface area contributed by atoms with E-state index in [1.807, 2.05) is 32.9 Å². The molecule has 1 N–H and O–H groups in total. The Morgan fingerprint density at radius 1 is 1.19 bits per heavy atom. The number of rotatable bonds is 5. The summed E-state index contributed by atoms with van der Waals surface area (Å²) >= 11 is 6.93. The first kappa shape index (κ1) is 19.0. The van der Waals surface area contributed by atoms with E-state index >= 15 is 0 Å². The molecule has 0 radical (unpaired) electrons. The molecule has 5 nitrogen and oxygen atoms in total. The molecule has 1 aromatic rings. The van der Waals surface area contributed by atoms with Crippen LogP contribution in [0.1, 0.15) is 31.9 Å². The number of ether oxygens (including phenoxy) is 1. The monoisotopic (exact) mass is 455 g/mol. The van der Waals surface area contributed by atoms with Crippen LogP contribution in [0.2, 0.25) is 0 Å². The van der Waals surface area contributed by atoms with E-state index in [1.165, 1.54) is 6.21 Å². The van der Waals surface area contributed by atoms with Crippen LogP contribution in [0.25, 0.3) is 0 Å². The fourth-order valence-corrected chi connectivity index (χ4v) is 4.49. The molecule has 0 saturated heterocycles. The Balaban J connectivity index is 3.49. The van der Waals surface area contributed by atoms with Crippen LogP contribution in [0.3, 0.4) is 0 Å². The smallest absolute Gasteiger partial charge is 0.292 e. The summed E-state index contributed by atoms with van der Waals surface area (Å²) in [6.07, 6.45) is 1.33. The van der Waals surface area contributed by atoms with Crippen LogP contribution in [0, 0.1) is 0 Å². The van der Waals surface area contributed by atoms with Gasteiger partial charge in [0.05, 0.1) is 17.4 Å². The fourth-order valence-electron chi connectivity index (χ4n) is 1.83. The molecule has 0 atom stereocenters. The predicted molar refractivity (Wildman–Crippen MR) is 95.8 cm³/mol. The van der Waals surface area contributed by atoms with Gasteiger partial charge in [0.25, 0.3) is 5.97 Å². The van der Waals surface area contributed by atoms with E-state index in [1.54, 1.807) is 0 Å². The molecule has 118 valence electrons. The SMILES string of the molecule is CC(C)(C)OC(O[SiH3])(O[SiH3])c1ccc(Br)c(/C=N/O)c1Br. The lowest BCUT2D eigenvalue weighted by Crippen LogP contribution is -2.42. The molecule has 21 heavy (non-hydrogen) atoms. The lowest BCUT2D eigenvalue weighted by molar-refractivity contribution is -0.348. The first-order valence-corrected chi connectivity index (χ1v) is 9.39. The number of nitrogens with zero attached hydrogens (tertiary/aromatic N) is 1. The van der Waals surface area contributed by atoms with Crippen molar-refractivity contribution in [1.29, 1.82) is 0 Å². The third-order valence-electron chi connectivity index (χ3n) is 2.62. The van der Waals surface area contributed by atoms with Crippen LogP contribution in [0.15, 0.2) is 26.2 Å². The highest BCUT2D eigenvalue weighted by molar-refractivity contribution is 9.11. The Morgan fingerprint density at radius 3 is 2.19 bits per heavy atom. The molecule has 9 heteroatoms. The molecule has 0 spiro atoms. The van der Waals surface area contributed by atoms with E-state index in [0.29, 0.717) is 36.6 Å². The second-order valence-corrected chi connectivity index (χ2v) is 7.71. The van der Waals surface area contributed by atoms with Gasteiger partial charge < -0.3 is 18.8 Å². The van der Waals surface area contributed by atoms with E-state index in [-0.39, 0.29) is 0 Å². The summed E-state index contributed by atoms with van der Waals surface area (Å²) in [7, 11) is 0.874. The second-order valence-electron chi connectivity index (χ2n) is 5.25. The summed E-state index contributed by atoms with van der Waals surface area (Å²) < 4.78 is 18.9. The summed E-state index contributed by atoms with van der Waals surface area (Å²) in [6, 6.07) is 3.68. The molecule has 0 aliphatic heterocycles. The lowest BCUT2D eigenvalue weighted by atomic mass is 10.1. The molecule has 0 bridgehead atoms. The van der Waals surface area contributed by atoms with Gasteiger partial charge in [0.2, 0.25) is 0 Å². The van der Waals surface area contributed by atoms with Gasteiger partial charge in [-0.1, -0.05) is 21.1 Å². The summed E-state index contributed by atoms with van der Waals surface area (Å²) in [5, 5.41) is 11.9. The summed E-state index contributed by atoms with van der Waals surface area (Å²) in [5.74, 6) is -1.26. The average Bonchev–Trinajstić information content (AvgIpc) is 2.40. The molecule has 0 aliphatic carbocycles. The molecule has 0 heterocycles. The molecule has 0 amide bonds. The van der Waals surface area contributed by atoms with Crippen LogP contribution in [0.5, 0.6) is 0 Å². The van der Waals surface area contributed by atoms with Crippen molar-refractivity contribution in [3.63, 3.8) is 0 Å². The minimum absolute atomic E-state index is 0.437. The highest BCUT2D eigenvalue weighted by atomic mass is 79.9. The first-order chi connectivity index (χ1) is 9.70. The van der Waals surface area contributed by atoms with Crippen LogP contribution in [-0.2, 0) is 19.6 Å². The molecular formula is C12H19Br2NO4Si2. The summed E-state index contributed by atoms with van der Waals surface area (Å²) in [6.45, 7) is 5.81. The summed E-state index contributed by atoms with van der Waals surface area (Å²) in [4.78, 5) is 0. The van der Waals surface area contributed by atoms with E-state index in [2.05, 4.69) is 37.0 Å². The lowest BCUT2D eigenvalue weighted by Gasteiger charge is -2.38. The molecule has 0 unspecified atom stereocenters. The number of oxime groups is 1. The van der Waals surface area contributed by atoms with Crippen molar-refractivity contribution < 1.29 is 18.8 Å². The number of hydrogen-bond acceptors (Lipinski definition) is 5. The van der Waals surface area contributed by atoms with E-state index in [9.17, 15) is 0 Å². The maximum absolute atomic E-state index is 8.81. The van der Waals surface area contributed by atoms with Gasteiger partial charge in [-0.15, -0.1) is 0 Å². The van der Waals surface area contributed by atoms with Crippen LogP contribution < -0.4 is 0 Å². The standard InChI is InChI=1S/C12H19Br2NO4Si2/c1-11(2,3)17-12(18-20,19-21)8-4-5-9(13)7(6-15-16)10(8)14/h4-6,16H,1-3,20-21H3/b15-6+. The third-order valence-corrected chi connectivity index (χ3v) is 5.24. The van der Waals surface area contributed by atoms with Crippen molar-refractivity contribution in [3.8, 4) is 0 Å². The van der Waals surface area contributed by atoms with Gasteiger partial charge in [-0.2, -0.15) is 0 Å². The summed E-state index contributed by atoms with van der Waals surface area (Å²) in [5.41, 5.74) is 0.918. The number of halogens is 2. The van der Waals surface area contributed by atoms with Gasteiger partial charge in [0.15, 0.2) is 21.0 Å². The third kappa shape index (κ3) is 4.47. The fraction of sp³-hybridized carbons (Fsp3) is 0.417. The van der Waals surface area contributed by atoms with Gasteiger partial charge in [-0.3, -0.25) is 0 Å². The molecule has 0 aliphatic rings. The van der Waals surface area contributed by atoms with E-state index in [0.717, 1.165) is 4.47 Å². The molecule has 0 saturated carbocycles. The van der Waals surface area contributed by atoms with Gasteiger partial charge in [-0.25, -0.2) is 0 Å². The van der Waals surface area contributed by atoms with Crippen LogP contribution in [0.4, 0.5) is 0 Å². The number of hydrogen-bond donors (Lipinski definition) is 1. The maximum atomic E-state index is 8.81. The topological polar surface area (TPSA) is 60.3 Å². The zero-order chi connectivity index (χ0) is 16.3. The highest BCUT2D eigenvalue weighted by Crippen LogP contribution is 2.39. The maximum Gasteiger partial charge on any atom is 0.292 e. The Kier molecular flexibility index (Phi) is 6.78. The highest BCUT2D eigenvalue weighted by Gasteiger charge is 2.39. The van der Waals surface area contributed by atoms with E-state index < -0.39 is 11.6 Å². The van der Waals surface area contributed by atoms with Gasteiger partial charge >= 0.3 is 0 Å². The molecule has 0 aromatic heterocycles. The molecule has 1 aromatic carbocycles. The Bertz CT molecular complexity index is 531. The van der Waals surface area contributed by atoms with Crippen molar-refractivity contribution >= 4 is 59.0 Å². The van der Waals surface area contributed by atoms with Crippen molar-refractivity contribution in [2.75, 3.05) is 0 Å².